The van der Waals surface area contributed by atoms with E-state index < -0.39 is 0 Å². The highest BCUT2D eigenvalue weighted by Crippen LogP contribution is 2.52. The number of likely N-dealkylation sites (tertiary alicyclic amines) is 1. The van der Waals surface area contributed by atoms with Gasteiger partial charge in [0.25, 0.3) is 5.56 Å². The molecular formula is C43H46BrN5O4. The molecule has 4 aromatic rings. The maximum Gasteiger partial charge on any atom is 0.281 e. The van der Waals surface area contributed by atoms with Crippen LogP contribution < -0.4 is 20.5 Å². The van der Waals surface area contributed by atoms with Crippen molar-refractivity contribution in [3.63, 3.8) is 0 Å². The molecule has 1 atom stereocenters. The van der Waals surface area contributed by atoms with Gasteiger partial charge < -0.3 is 14.5 Å². The van der Waals surface area contributed by atoms with Crippen molar-refractivity contribution in [2.24, 2.45) is 5.92 Å². The fourth-order valence-electron chi connectivity index (χ4n) is 10.7. The van der Waals surface area contributed by atoms with Crippen molar-refractivity contribution in [2.75, 3.05) is 37.6 Å². The number of hydrogen-bond donors (Lipinski definition) is 1. The summed E-state index contributed by atoms with van der Waals surface area (Å²) in [5.41, 5.74) is 6.45. The third-order valence-electron chi connectivity index (χ3n) is 13.6. The molecule has 1 aromatic heterocycles. The first-order valence-electron chi connectivity index (χ1n) is 19.8. The molecule has 3 saturated heterocycles. The molecule has 274 valence electrons. The van der Waals surface area contributed by atoms with Crippen LogP contribution in [0.25, 0.3) is 16.6 Å². The van der Waals surface area contributed by atoms with Gasteiger partial charge in [0.05, 0.1) is 27.9 Å². The van der Waals surface area contributed by atoms with Crippen LogP contribution in [0.1, 0.15) is 99.1 Å². The molecule has 10 rings (SSSR count). The average molecular weight is 777 g/mol. The van der Waals surface area contributed by atoms with Gasteiger partial charge in [-0.2, -0.15) is 4.98 Å². The minimum atomic E-state index is -0.261. The van der Waals surface area contributed by atoms with Crippen molar-refractivity contribution in [2.45, 2.75) is 94.0 Å². The molecule has 1 unspecified atom stereocenters. The molecule has 0 bridgehead atoms. The number of amides is 2. The van der Waals surface area contributed by atoms with Crippen LogP contribution in [0.4, 0.5) is 5.69 Å². The molecule has 6 aliphatic rings. The summed E-state index contributed by atoms with van der Waals surface area (Å²) >= 11 is 3.65. The number of anilines is 1. The second-order valence-corrected chi connectivity index (χ2v) is 17.5. The summed E-state index contributed by atoms with van der Waals surface area (Å²) < 4.78 is 9.75. The Morgan fingerprint density at radius 2 is 1.70 bits per heavy atom. The number of carbonyl (C=O) groups excluding carboxylic acids is 2. The number of imide groups is 1. The van der Waals surface area contributed by atoms with Crippen molar-refractivity contribution < 1.29 is 14.3 Å². The van der Waals surface area contributed by atoms with E-state index in [-0.39, 0.29) is 34.3 Å². The molecule has 1 saturated carbocycles. The van der Waals surface area contributed by atoms with Crippen LogP contribution in [0.2, 0.25) is 0 Å². The Labute approximate surface area is 318 Å². The fourth-order valence-corrected chi connectivity index (χ4v) is 11.2. The van der Waals surface area contributed by atoms with Gasteiger partial charge in [-0.3, -0.25) is 24.3 Å². The molecule has 2 spiro atoms. The molecule has 2 amide bonds. The number of nitrogens with zero attached hydrogens (tertiary/aromatic N) is 4. The van der Waals surface area contributed by atoms with Crippen LogP contribution in [0, 0.1) is 5.92 Å². The zero-order valence-electron chi connectivity index (χ0n) is 30.2. The minimum absolute atomic E-state index is 0.135. The van der Waals surface area contributed by atoms with E-state index in [2.05, 4.69) is 65.9 Å². The first-order valence-corrected chi connectivity index (χ1v) is 20.6. The van der Waals surface area contributed by atoms with E-state index in [4.69, 9.17) is 9.72 Å². The van der Waals surface area contributed by atoms with E-state index in [1.807, 2.05) is 24.3 Å². The Morgan fingerprint density at radius 3 is 2.49 bits per heavy atom. The van der Waals surface area contributed by atoms with E-state index in [1.54, 1.807) is 0 Å². The lowest BCUT2D eigenvalue weighted by Crippen LogP contribution is -2.49. The quantitative estimate of drug-likeness (QED) is 0.225. The number of ether oxygens (including phenoxy) is 1. The van der Waals surface area contributed by atoms with Gasteiger partial charge in [-0.25, -0.2) is 0 Å². The van der Waals surface area contributed by atoms with Crippen molar-refractivity contribution in [3.05, 3.63) is 91.9 Å². The first kappa shape index (κ1) is 33.5. The summed E-state index contributed by atoms with van der Waals surface area (Å²) in [6, 6.07) is 19.3. The Kier molecular flexibility index (Phi) is 8.10. The van der Waals surface area contributed by atoms with Crippen molar-refractivity contribution >= 4 is 44.3 Å². The monoisotopic (exact) mass is 775 g/mol. The van der Waals surface area contributed by atoms with Gasteiger partial charge in [0, 0.05) is 68.6 Å². The summed E-state index contributed by atoms with van der Waals surface area (Å²) in [5, 5.41) is 3.16. The predicted octanol–water partition coefficient (Wildman–Crippen LogP) is 6.92. The third-order valence-corrected chi connectivity index (χ3v) is 14.2. The number of rotatable bonds is 4. The Morgan fingerprint density at radius 1 is 0.887 bits per heavy atom. The van der Waals surface area contributed by atoms with E-state index in [0.717, 1.165) is 105 Å². The topological polar surface area (TPSA) is 96.8 Å². The smallest absolute Gasteiger partial charge is 0.281 e. The molecule has 0 radical (unpaired) electrons. The second kappa shape index (κ2) is 12.8. The molecule has 1 aliphatic carbocycles. The Balaban J connectivity index is 0.799. The number of carbonyl (C=O) groups is 2. The van der Waals surface area contributed by atoms with E-state index in [0.29, 0.717) is 24.1 Å². The summed E-state index contributed by atoms with van der Waals surface area (Å²) in [6.07, 6.45) is 11.9. The zero-order chi connectivity index (χ0) is 35.9. The Hall–Kier alpha value is -4.02. The largest absolute Gasteiger partial charge is 0.487 e. The molecule has 6 heterocycles. The summed E-state index contributed by atoms with van der Waals surface area (Å²) in [7, 11) is 0. The van der Waals surface area contributed by atoms with Crippen LogP contribution >= 0.6 is 15.9 Å². The van der Waals surface area contributed by atoms with E-state index >= 15 is 0 Å². The van der Waals surface area contributed by atoms with Gasteiger partial charge in [-0.15, -0.1) is 0 Å². The maximum atomic E-state index is 13.4. The van der Waals surface area contributed by atoms with Crippen molar-refractivity contribution in [1.82, 2.24) is 19.8 Å². The van der Waals surface area contributed by atoms with E-state index in [9.17, 15) is 14.4 Å². The molecule has 53 heavy (non-hydrogen) atoms. The number of aromatic nitrogens is 2. The lowest BCUT2D eigenvalue weighted by Gasteiger charge is -2.41. The van der Waals surface area contributed by atoms with Crippen molar-refractivity contribution in [3.8, 4) is 11.4 Å². The summed E-state index contributed by atoms with van der Waals surface area (Å²) in [5.74, 6) is 1.95. The van der Waals surface area contributed by atoms with Crippen LogP contribution in [-0.2, 0) is 21.4 Å². The predicted molar refractivity (Wildman–Crippen MR) is 208 cm³/mol. The van der Waals surface area contributed by atoms with Gasteiger partial charge in [-0.05, 0) is 101 Å². The third kappa shape index (κ3) is 5.57. The molecular weight excluding hydrogens is 730 g/mol. The summed E-state index contributed by atoms with van der Waals surface area (Å²) in [4.78, 5) is 47.6. The minimum Gasteiger partial charge on any atom is -0.487 e. The van der Waals surface area contributed by atoms with Gasteiger partial charge in [-0.1, -0.05) is 43.5 Å². The molecule has 10 heteroatoms. The van der Waals surface area contributed by atoms with Crippen molar-refractivity contribution in [1.29, 1.82) is 0 Å². The molecule has 1 N–H and O–H groups in total. The van der Waals surface area contributed by atoms with E-state index in [1.165, 1.54) is 41.8 Å². The van der Waals surface area contributed by atoms with Gasteiger partial charge in [0.15, 0.2) is 0 Å². The number of benzene rings is 3. The lowest BCUT2D eigenvalue weighted by molar-refractivity contribution is -0.134. The number of halogens is 1. The fraction of sp³-hybridized carbons (Fsp3) is 0.488. The first-order chi connectivity index (χ1) is 25.8. The van der Waals surface area contributed by atoms with Gasteiger partial charge in [0.2, 0.25) is 11.8 Å². The lowest BCUT2D eigenvalue weighted by atomic mass is 9.70. The van der Waals surface area contributed by atoms with Crippen LogP contribution in [0.5, 0.6) is 5.75 Å². The number of hydrogen-bond acceptors (Lipinski definition) is 7. The number of piperidine rings is 3. The normalized spacial score (nSPS) is 23.6. The van der Waals surface area contributed by atoms with Gasteiger partial charge in [0.1, 0.15) is 17.2 Å². The highest BCUT2D eigenvalue weighted by atomic mass is 79.9. The second-order valence-electron chi connectivity index (χ2n) is 16.6. The highest BCUT2D eigenvalue weighted by Gasteiger charge is 2.47. The standard InChI is InChI=1S/C43H46BrN5O4/c44-33-5-4-6-34-38(33)40(52)46-41-43(15-2-1-3-16-43)32-10-8-30(24-35(32)49(34)41)48-19-13-27(14-20-48)26-47-21-17-42(18-22-47)25-29-23-28(7-11-36(29)53-42)31-9-12-37(50)45-39(31)51/h4-8,10-11,23-24,27,31H,1-3,9,12-22,25-26H2,(H,45,50,51). The van der Waals surface area contributed by atoms with Gasteiger partial charge >= 0.3 is 0 Å². The maximum absolute atomic E-state index is 13.4. The SMILES string of the molecule is O=C1CCC(c2ccc3c(c2)CC2(CCN(CC4CCN(c5ccc6c(c5)-n5c(nc(=O)c7c(Br)cccc75)C65CCCCC5)CC4)CC2)O3)C(=O)N1. The molecule has 5 aliphatic heterocycles. The average Bonchev–Trinajstić information content (AvgIpc) is 3.65. The number of fused-ring (bicyclic) bond motifs is 8. The highest BCUT2D eigenvalue weighted by molar-refractivity contribution is 9.10. The molecule has 4 fully saturated rings. The number of nitrogens with one attached hydrogen (secondary N) is 1. The van der Waals surface area contributed by atoms with Crippen LogP contribution in [0.15, 0.2) is 63.9 Å². The van der Waals surface area contributed by atoms with Crippen LogP contribution in [-0.4, -0.2) is 64.6 Å². The van der Waals surface area contributed by atoms with Crippen LogP contribution in [0.3, 0.4) is 0 Å². The molecule has 9 nitrogen and oxygen atoms in total. The summed E-state index contributed by atoms with van der Waals surface area (Å²) in [6.45, 7) is 5.31. The molecule has 3 aromatic carbocycles. The zero-order valence-corrected chi connectivity index (χ0v) is 31.8. The Bertz CT molecular complexity index is 2210.